The van der Waals surface area contributed by atoms with Gasteiger partial charge in [-0.25, -0.2) is 4.79 Å². The summed E-state index contributed by atoms with van der Waals surface area (Å²) in [6.07, 6.45) is 1.25. The van der Waals surface area contributed by atoms with Crippen LogP contribution in [0.25, 0.3) is 0 Å². The number of rotatable bonds is 12. The molecule has 0 aliphatic heterocycles. The summed E-state index contributed by atoms with van der Waals surface area (Å²) in [5, 5.41) is 5.45. The van der Waals surface area contributed by atoms with Crippen LogP contribution in [0.1, 0.15) is 84.9 Å². The second-order valence-electron chi connectivity index (χ2n) is 9.69. The summed E-state index contributed by atoms with van der Waals surface area (Å²) in [6, 6.07) is 5.18. The van der Waals surface area contributed by atoms with Crippen molar-refractivity contribution in [2.75, 3.05) is 6.54 Å². The van der Waals surface area contributed by atoms with Crippen molar-refractivity contribution in [3.63, 3.8) is 0 Å². The Kier molecular flexibility index (Phi) is 11.7. The van der Waals surface area contributed by atoms with Crippen LogP contribution in [0.15, 0.2) is 24.3 Å². The van der Waals surface area contributed by atoms with E-state index >= 15 is 0 Å². The van der Waals surface area contributed by atoms with Gasteiger partial charge in [0, 0.05) is 12.6 Å². The number of nitrogens with zero attached hydrogens (tertiary/aromatic N) is 1. The van der Waals surface area contributed by atoms with Crippen molar-refractivity contribution in [1.82, 2.24) is 15.5 Å². The van der Waals surface area contributed by atoms with Gasteiger partial charge in [-0.3, -0.25) is 14.4 Å². The number of nitrogens with two attached hydrogens (primary N) is 1. The SMILES string of the molecule is CCCC(C)NC(=O)C(c1ccc(CC)cc1)N(CC)C(=O)C(CC(N)=O)NC(=O)OC(C)(C)C. The summed E-state index contributed by atoms with van der Waals surface area (Å²) in [7, 11) is 0. The van der Waals surface area contributed by atoms with Crippen molar-refractivity contribution in [2.24, 2.45) is 5.73 Å². The lowest BCUT2D eigenvalue weighted by Crippen LogP contribution is -2.54. The van der Waals surface area contributed by atoms with Crippen molar-refractivity contribution in [1.29, 1.82) is 0 Å². The minimum absolute atomic E-state index is 0.0833. The zero-order valence-corrected chi connectivity index (χ0v) is 22.1. The molecule has 4 amide bonds. The second kappa shape index (κ2) is 13.7. The van der Waals surface area contributed by atoms with Gasteiger partial charge in [-0.1, -0.05) is 44.5 Å². The number of nitrogens with one attached hydrogen (secondary N) is 2. The highest BCUT2D eigenvalue weighted by Gasteiger charge is 2.36. The van der Waals surface area contributed by atoms with Gasteiger partial charge in [0.15, 0.2) is 0 Å². The normalized spacial score (nSPS) is 13.8. The molecule has 3 atom stereocenters. The van der Waals surface area contributed by atoms with Gasteiger partial charge in [0.1, 0.15) is 17.7 Å². The molecule has 9 nitrogen and oxygen atoms in total. The van der Waals surface area contributed by atoms with Crippen molar-refractivity contribution in [3.8, 4) is 0 Å². The van der Waals surface area contributed by atoms with E-state index in [0.717, 1.165) is 24.8 Å². The first-order valence-electron chi connectivity index (χ1n) is 12.3. The largest absolute Gasteiger partial charge is 0.444 e. The fourth-order valence-corrected chi connectivity index (χ4v) is 3.75. The van der Waals surface area contributed by atoms with Crippen molar-refractivity contribution < 1.29 is 23.9 Å². The number of ether oxygens (including phenoxy) is 1. The Morgan fingerprint density at radius 2 is 1.63 bits per heavy atom. The molecule has 0 aliphatic rings. The molecule has 0 aromatic heterocycles. The Morgan fingerprint density at radius 1 is 1.03 bits per heavy atom. The monoisotopic (exact) mass is 490 g/mol. The molecule has 1 aromatic rings. The van der Waals surface area contributed by atoms with Gasteiger partial charge in [0.25, 0.3) is 0 Å². The first-order chi connectivity index (χ1) is 16.3. The molecule has 0 saturated carbocycles. The number of benzene rings is 1. The van der Waals surface area contributed by atoms with E-state index in [-0.39, 0.29) is 18.5 Å². The van der Waals surface area contributed by atoms with Gasteiger partial charge in [0.2, 0.25) is 17.7 Å². The highest BCUT2D eigenvalue weighted by atomic mass is 16.6. The Morgan fingerprint density at radius 3 is 2.09 bits per heavy atom. The van der Waals surface area contributed by atoms with E-state index in [1.54, 1.807) is 27.7 Å². The van der Waals surface area contributed by atoms with E-state index in [9.17, 15) is 19.2 Å². The smallest absolute Gasteiger partial charge is 0.408 e. The second-order valence-corrected chi connectivity index (χ2v) is 9.69. The number of hydrogen-bond donors (Lipinski definition) is 3. The Balaban J connectivity index is 3.37. The van der Waals surface area contributed by atoms with Crippen molar-refractivity contribution in [2.45, 2.75) is 97.9 Å². The number of aryl methyl sites for hydroxylation is 1. The molecule has 4 N–H and O–H groups in total. The van der Waals surface area contributed by atoms with Gasteiger partial charge in [0.05, 0.1) is 6.42 Å². The van der Waals surface area contributed by atoms with Crippen LogP contribution in [0.3, 0.4) is 0 Å². The molecule has 0 spiro atoms. The summed E-state index contributed by atoms with van der Waals surface area (Å²) >= 11 is 0. The first kappa shape index (κ1) is 29.9. The number of carbonyl (C=O) groups is 4. The average molecular weight is 491 g/mol. The third kappa shape index (κ3) is 9.96. The quantitative estimate of drug-likeness (QED) is 0.414. The van der Waals surface area contributed by atoms with Gasteiger partial charge in [-0.05, 0) is 58.6 Å². The Hall–Kier alpha value is -3.10. The predicted molar refractivity (Wildman–Crippen MR) is 135 cm³/mol. The predicted octanol–water partition coefficient (Wildman–Crippen LogP) is 3.21. The maximum Gasteiger partial charge on any atom is 0.408 e. The van der Waals surface area contributed by atoms with Crippen LogP contribution in [0, 0.1) is 0 Å². The number of carbonyl (C=O) groups excluding carboxylic acids is 4. The van der Waals surface area contributed by atoms with Crippen molar-refractivity contribution >= 4 is 23.8 Å². The Labute approximate surface area is 209 Å². The lowest BCUT2D eigenvalue weighted by Gasteiger charge is -2.34. The fraction of sp³-hybridized carbons (Fsp3) is 0.615. The number of amides is 4. The van der Waals surface area contributed by atoms with Crippen LogP contribution in [-0.2, 0) is 25.5 Å². The standard InChI is InChI=1S/C26H42N4O5/c1-8-11-17(4)28-23(32)22(19-14-12-18(9-2)13-15-19)30(10-3)24(33)20(16-21(27)31)29-25(34)35-26(5,6)7/h12-15,17,20,22H,8-11,16H2,1-7H3,(H2,27,31)(H,28,32)(H,29,34). The molecule has 1 aromatic carbocycles. The molecule has 0 aliphatic carbocycles. The van der Waals surface area contributed by atoms with Crippen LogP contribution in [-0.4, -0.2) is 52.9 Å². The number of hydrogen-bond acceptors (Lipinski definition) is 5. The van der Waals surface area contributed by atoms with Gasteiger partial charge in [-0.15, -0.1) is 0 Å². The molecule has 0 fully saturated rings. The summed E-state index contributed by atoms with van der Waals surface area (Å²) < 4.78 is 5.26. The highest BCUT2D eigenvalue weighted by Crippen LogP contribution is 2.24. The van der Waals surface area contributed by atoms with Crippen LogP contribution in [0.2, 0.25) is 0 Å². The van der Waals surface area contributed by atoms with Gasteiger partial charge in [-0.2, -0.15) is 0 Å². The molecule has 35 heavy (non-hydrogen) atoms. The summed E-state index contributed by atoms with van der Waals surface area (Å²) in [6.45, 7) is 12.9. The van der Waals surface area contributed by atoms with Crippen LogP contribution < -0.4 is 16.4 Å². The topological polar surface area (TPSA) is 131 Å². The summed E-state index contributed by atoms with van der Waals surface area (Å²) in [5.41, 5.74) is 6.31. The van der Waals surface area contributed by atoms with Crippen LogP contribution in [0.4, 0.5) is 4.79 Å². The van der Waals surface area contributed by atoms with E-state index in [1.807, 2.05) is 45.0 Å². The maximum atomic E-state index is 13.6. The van der Waals surface area contributed by atoms with Crippen LogP contribution >= 0.6 is 0 Å². The van der Waals surface area contributed by atoms with Gasteiger partial charge < -0.3 is 26.0 Å². The third-order valence-electron chi connectivity index (χ3n) is 5.39. The minimum atomic E-state index is -1.28. The summed E-state index contributed by atoms with van der Waals surface area (Å²) in [5.74, 6) is -1.69. The molecule has 1 rings (SSSR count). The van der Waals surface area contributed by atoms with Crippen molar-refractivity contribution in [3.05, 3.63) is 35.4 Å². The minimum Gasteiger partial charge on any atom is -0.444 e. The van der Waals surface area contributed by atoms with E-state index in [0.29, 0.717) is 5.56 Å². The fourth-order valence-electron chi connectivity index (χ4n) is 3.75. The van der Waals surface area contributed by atoms with E-state index < -0.39 is 42.0 Å². The Bertz CT molecular complexity index is 863. The molecule has 196 valence electrons. The number of primary amides is 1. The lowest BCUT2D eigenvalue weighted by molar-refractivity contribution is -0.143. The first-order valence-corrected chi connectivity index (χ1v) is 12.3. The average Bonchev–Trinajstić information content (AvgIpc) is 2.75. The molecule has 0 radical (unpaired) electrons. The zero-order valence-electron chi connectivity index (χ0n) is 22.1. The molecule has 3 unspecified atom stereocenters. The van der Waals surface area contributed by atoms with Crippen LogP contribution in [0.5, 0.6) is 0 Å². The third-order valence-corrected chi connectivity index (χ3v) is 5.39. The number of likely N-dealkylation sites (N-methyl/N-ethyl adjacent to an activating group) is 1. The molecular weight excluding hydrogens is 448 g/mol. The molecule has 0 saturated heterocycles. The van der Waals surface area contributed by atoms with E-state index in [1.165, 1.54) is 4.90 Å². The van der Waals surface area contributed by atoms with E-state index in [2.05, 4.69) is 10.6 Å². The lowest BCUT2D eigenvalue weighted by atomic mass is 9.99. The highest BCUT2D eigenvalue weighted by molar-refractivity contribution is 5.94. The van der Waals surface area contributed by atoms with E-state index in [4.69, 9.17) is 10.5 Å². The molecular formula is C26H42N4O5. The molecule has 0 bridgehead atoms. The molecule has 9 heteroatoms. The van der Waals surface area contributed by atoms with Gasteiger partial charge >= 0.3 is 6.09 Å². The molecule has 0 heterocycles. The zero-order chi connectivity index (χ0) is 26.8. The summed E-state index contributed by atoms with van der Waals surface area (Å²) in [4.78, 5) is 52.6. The number of alkyl carbamates (subject to hydrolysis) is 1. The maximum absolute atomic E-state index is 13.6.